The molecule has 0 bridgehead atoms. The number of hydrogen-bond donors (Lipinski definition) is 0. The topological polar surface area (TPSA) is 52.3 Å². The average molecular weight is 246 g/mol. The molecule has 0 aliphatic heterocycles. The molecule has 0 N–H and O–H groups in total. The Hall–Kier alpha value is -1.95. The average Bonchev–Trinajstić information content (AvgIpc) is 2.92. The Morgan fingerprint density at radius 3 is 2.82 bits per heavy atom. The lowest BCUT2D eigenvalue weighted by Crippen LogP contribution is -1.90. The lowest BCUT2D eigenvalue weighted by atomic mass is 10.2. The van der Waals surface area contributed by atoms with Crippen LogP contribution in [-0.2, 0) is 0 Å². The molecule has 2 aromatic heterocycles. The molecule has 0 radical (unpaired) electrons. The summed E-state index contributed by atoms with van der Waals surface area (Å²) in [5, 5.41) is 13.4. The molecule has 3 rings (SSSR count). The van der Waals surface area contributed by atoms with Gasteiger partial charge in [-0.25, -0.2) is 0 Å². The van der Waals surface area contributed by atoms with Gasteiger partial charge in [0.05, 0.1) is 12.7 Å². The van der Waals surface area contributed by atoms with E-state index >= 15 is 0 Å². The quantitative estimate of drug-likeness (QED) is 0.695. The van der Waals surface area contributed by atoms with E-state index in [2.05, 4.69) is 15.3 Å². The van der Waals surface area contributed by atoms with Gasteiger partial charge >= 0.3 is 0 Å². The van der Waals surface area contributed by atoms with Crippen LogP contribution >= 0.6 is 11.3 Å². The van der Waals surface area contributed by atoms with Crippen molar-refractivity contribution in [3.8, 4) is 16.3 Å². The first kappa shape index (κ1) is 10.2. The number of aromatic nitrogens is 4. The zero-order valence-electron chi connectivity index (χ0n) is 9.41. The molecule has 0 aliphatic carbocycles. The summed E-state index contributed by atoms with van der Waals surface area (Å²) in [5.74, 6) is 1.60. The highest BCUT2D eigenvalue weighted by molar-refractivity contribution is 7.19. The molecule has 0 saturated carbocycles. The van der Waals surface area contributed by atoms with Crippen LogP contribution < -0.4 is 4.74 Å². The molecule has 0 fully saturated rings. The third kappa shape index (κ3) is 1.57. The number of aryl methyl sites for hydroxylation is 1. The van der Waals surface area contributed by atoms with Crippen LogP contribution in [0, 0.1) is 6.92 Å². The minimum atomic E-state index is 0.789. The van der Waals surface area contributed by atoms with Crippen LogP contribution in [-0.4, -0.2) is 26.9 Å². The SMILES string of the molecule is COc1ccccc1-c1nn2c(C)nnc2s1. The summed E-state index contributed by atoms with van der Waals surface area (Å²) in [6.07, 6.45) is 0. The van der Waals surface area contributed by atoms with Crippen molar-refractivity contribution < 1.29 is 4.74 Å². The molecular formula is C11H10N4OS. The second-order valence-corrected chi connectivity index (χ2v) is 4.51. The molecule has 86 valence electrons. The van der Waals surface area contributed by atoms with Crippen LogP contribution in [0.25, 0.3) is 15.5 Å². The maximum Gasteiger partial charge on any atom is 0.234 e. The van der Waals surface area contributed by atoms with Crippen LogP contribution in [0.15, 0.2) is 24.3 Å². The van der Waals surface area contributed by atoms with Crippen molar-refractivity contribution in [1.29, 1.82) is 0 Å². The van der Waals surface area contributed by atoms with E-state index in [0.717, 1.165) is 27.1 Å². The van der Waals surface area contributed by atoms with Crippen molar-refractivity contribution in [3.05, 3.63) is 30.1 Å². The largest absolute Gasteiger partial charge is 0.496 e. The second-order valence-electron chi connectivity index (χ2n) is 3.55. The van der Waals surface area contributed by atoms with E-state index in [1.165, 1.54) is 11.3 Å². The summed E-state index contributed by atoms with van der Waals surface area (Å²) in [7, 11) is 1.66. The lowest BCUT2D eigenvalue weighted by molar-refractivity contribution is 0.416. The summed E-state index contributed by atoms with van der Waals surface area (Å²) >= 11 is 1.50. The van der Waals surface area contributed by atoms with Crippen LogP contribution in [0.4, 0.5) is 0 Å². The van der Waals surface area contributed by atoms with Crippen LogP contribution in [0.2, 0.25) is 0 Å². The van der Waals surface area contributed by atoms with Crippen LogP contribution in [0.3, 0.4) is 0 Å². The van der Waals surface area contributed by atoms with Gasteiger partial charge in [0.2, 0.25) is 4.96 Å². The molecule has 5 nitrogen and oxygen atoms in total. The molecule has 0 atom stereocenters. The van der Waals surface area contributed by atoms with Crippen molar-refractivity contribution in [2.45, 2.75) is 6.92 Å². The Kier molecular flexibility index (Phi) is 2.29. The number of ether oxygens (including phenoxy) is 1. The van der Waals surface area contributed by atoms with Gasteiger partial charge in [-0.2, -0.15) is 9.61 Å². The Bertz CT molecular complexity index is 673. The number of benzene rings is 1. The second kappa shape index (κ2) is 3.81. The summed E-state index contributed by atoms with van der Waals surface area (Å²) in [6.45, 7) is 1.88. The first-order valence-corrected chi connectivity index (χ1v) is 5.93. The fourth-order valence-electron chi connectivity index (χ4n) is 1.64. The molecule has 2 heterocycles. The zero-order chi connectivity index (χ0) is 11.8. The van der Waals surface area contributed by atoms with E-state index in [4.69, 9.17) is 4.74 Å². The monoisotopic (exact) mass is 246 g/mol. The van der Waals surface area contributed by atoms with Gasteiger partial charge in [-0.05, 0) is 19.1 Å². The molecule has 0 amide bonds. The van der Waals surface area contributed by atoms with Crippen molar-refractivity contribution in [2.75, 3.05) is 7.11 Å². The van der Waals surface area contributed by atoms with Crippen LogP contribution in [0.5, 0.6) is 5.75 Å². The van der Waals surface area contributed by atoms with Crippen LogP contribution in [0.1, 0.15) is 5.82 Å². The summed E-state index contributed by atoms with van der Waals surface area (Å²) < 4.78 is 7.07. The maximum absolute atomic E-state index is 5.32. The van der Waals surface area contributed by atoms with Crippen molar-refractivity contribution in [2.24, 2.45) is 0 Å². The maximum atomic E-state index is 5.32. The van der Waals surface area contributed by atoms with Gasteiger partial charge in [0.1, 0.15) is 5.75 Å². The van der Waals surface area contributed by atoms with Gasteiger partial charge in [0.15, 0.2) is 10.8 Å². The number of nitrogens with zero attached hydrogens (tertiary/aromatic N) is 4. The third-order valence-electron chi connectivity index (χ3n) is 2.48. The fourth-order valence-corrected chi connectivity index (χ4v) is 2.56. The minimum absolute atomic E-state index is 0.789. The number of para-hydroxylation sites is 1. The summed E-state index contributed by atoms with van der Waals surface area (Å²) in [4.78, 5) is 0.795. The van der Waals surface area contributed by atoms with Gasteiger partial charge in [0, 0.05) is 0 Å². The molecular weight excluding hydrogens is 236 g/mol. The Morgan fingerprint density at radius 2 is 2.06 bits per heavy atom. The zero-order valence-corrected chi connectivity index (χ0v) is 10.2. The number of hydrogen-bond acceptors (Lipinski definition) is 5. The van der Waals surface area contributed by atoms with E-state index in [1.54, 1.807) is 11.6 Å². The van der Waals surface area contributed by atoms with E-state index < -0.39 is 0 Å². The van der Waals surface area contributed by atoms with Crippen molar-refractivity contribution in [3.63, 3.8) is 0 Å². The highest BCUT2D eigenvalue weighted by Crippen LogP contribution is 2.32. The molecule has 0 saturated heterocycles. The molecule has 0 spiro atoms. The lowest BCUT2D eigenvalue weighted by Gasteiger charge is -2.03. The van der Waals surface area contributed by atoms with E-state index in [1.807, 2.05) is 31.2 Å². The van der Waals surface area contributed by atoms with E-state index in [0.29, 0.717) is 0 Å². The Labute approximate surface area is 102 Å². The van der Waals surface area contributed by atoms with E-state index in [9.17, 15) is 0 Å². The summed E-state index contributed by atoms with van der Waals surface area (Å²) in [6, 6.07) is 7.81. The van der Waals surface area contributed by atoms with Gasteiger partial charge in [-0.3, -0.25) is 0 Å². The van der Waals surface area contributed by atoms with Crippen molar-refractivity contribution in [1.82, 2.24) is 19.8 Å². The Balaban J connectivity index is 2.20. The van der Waals surface area contributed by atoms with Crippen molar-refractivity contribution >= 4 is 16.3 Å². The first-order valence-electron chi connectivity index (χ1n) is 5.12. The van der Waals surface area contributed by atoms with Gasteiger partial charge in [-0.1, -0.05) is 23.5 Å². The van der Waals surface area contributed by atoms with E-state index in [-0.39, 0.29) is 0 Å². The molecule has 17 heavy (non-hydrogen) atoms. The first-order chi connectivity index (χ1) is 8.29. The fraction of sp³-hybridized carbons (Fsp3) is 0.182. The molecule has 6 heteroatoms. The number of rotatable bonds is 2. The minimum Gasteiger partial charge on any atom is -0.496 e. The molecule has 0 aliphatic rings. The molecule has 3 aromatic rings. The molecule has 0 unspecified atom stereocenters. The highest BCUT2D eigenvalue weighted by atomic mass is 32.1. The van der Waals surface area contributed by atoms with Gasteiger partial charge in [-0.15, -0.1) is 10.2 Å². The third-order valence-corrected chi connectivity index (χ3v) is 3.42. The standard InChI is InChI=1S/C11H10N4OS/c1-7-12-13-11-15(7)14-10(17-11)8-5-3-4-6-9(8)16-2/h3-6H,1-2H3. The molecule has 1 aromatic carbocycles. The predicted molar refractivity (Wildman–Crippen MR) is 65.4 cm³/mol. The van der Waals surface area contributed by atoms with Gasteiger partial charge < -0.3 is 4.74 Å². The number of methoxy groups -OCH3 is 1. The summed E-state index contributed by atoms with van der Waals surface area (Å²) in [5.41, 5.74) is 0.977. The van der Waals surface area contributed by atoms with Gasteiger partial charge in [0.25, 0.3) is 0 Å². The predicted octanol–water partition coefficient (Wildman–Crippen LogP) is 2.17. The Morgan fingerprint density at radius 1 is 1.24 bits per heavy atom. The highest BCUT2D eigenvalue weighted by Gasteiger charge is 2.13. The normalized spacial score (nSPS) is 10.9. The smallest absolute Gasteiger partial charge is 0.234 e. The number of fused-ring (bicyclic) bond motifs is 1.